The van der Waals surface area contributed by atoms with Crippen molar-refractivity contribution in [3.05, 3.63) is 0 Å². The molecule has 1 aliphatic heterocycles. The molecule has 3 aliphatic rings. The summed E-state index contributed by atoms with van der Waals surface area (Å²) >= 11 is 0. The van der Waals surface area contributed by atoms with Crippen molar-refractivity contribution < 1.29 is 14.6 Å². The van der Waals surface area contributed by atoms with Gasteiger partial charge in [0, 0.05) is 0 Å². The van der Waals surface area contributed by atoms with E-state index in [1.807, 2.05) is 0 Å². The van der Waals surface area contributed by atoms with Gasteiger partial charge in [-0.1, -0.05) is 13.3 Å². The number of carboxylic acids is 1. The van der Waals surface area contributed by atoms with Crippen LogP contribution in [0.5, 0.6) is 0 Å². The topological polar surface area (TPSA) is 46.5 Å². The molecule has 3 rings (SSSR count). The first-order chi connectivity index (χ1) is 7.60. The van der Waals surface area contributed by atoms with Crippen molar-refractivity contribution in [1.82, 2.24) is 0 Å². The smallest absolute Gasteiger partial charge is 0.309 e. The van der Waals surface area contributed by atoms with E-state index in [1.54, 1.807) is 0 Å². The SMILES string of the molecule is CC1(C2CC(C(=O)O)C(C3CCC3)O2)CC1. The second kappa shape index (κ2) is 3.46. The summed E-state index contributed by atoms with van der Waals surface area (Å²) in [4.78, 5) is 11.3. The van der Waals surface area contributed by atoms with Gasteiger partial charge in [-0.3, -0.25) is 4.79 Å². The van der Waals surface area contributed by atoms with Gasteiger partial charge in [-0.2, -0.15) is 0 Å². The average molecular weight is 224 g/mol. The summed E-state index contributed by atoms with van der Waals surface area (Å²) in [6.45, 7) is 2.24. The fourth-order valence-corrected chi connectivity index (χ4v) is 3.12. The standard InChI is InChI=1S/C13H20O3/c1-13(5-6-13)10-7-9(12(14)15)11(16-10)8-3-2-4-8/h8-11H,2-7H2,1H3,(H,14,15). The number of hydrogen-bond donors (Lipinski definition) is 1. The Morgan fingerprint density at radius 2 is 2.06 bits per heavy atom. The van der Waals surface area contributed by atoms with Gasteiger partial charge in [0.2, 0.25) is 0 Å². The van der Waals surface area contributed by atoms with Crippen molar-refractivity contribution in [2.45, 2.75) is 57.7 Å². The van der Waals surface area contributed by atoms with Crippen LogP contribution in [0.25, 0.3) is 0 Å². The minimum atomic E-state index is -0.649. The van der Waals surface area contributed by atoms with Gasteiger partial charge in [0.15, 0.2) is 0 Å². The zero-order chi connectivity index (χ0) is 11.3. The maximum atomic E-state index is 11.3. The molecule has 0 aromatic rings. The van der Waals surface area contributed by atoms with E-state index in [0.717, 1.165) is 19.3 Å². The first-order valence-electron chi connectivity index (χ1n) is 6.48. The van der Waals surface area contributed by atoms with Crippen LogP contribution in [-0.2, 0) is 9.53 Å². The third-order valence-corrected chi connectivity index (χ3v) is 4.93. The fraction of sp³-hybridized carbons (Fsp3) is 0.923. The van der Waals surface area contributed by atoms with Crippen molar-refractivity contribution in [1.29, 1.82) is 0 Å². The third-order valence-electron chi connectivity index (χ3n) is 4.93. The Bertz CT molecular complexity index is 304. The summed E-state index contributed by atoms with van der Waals surface area (Å²) < 4.78 is 6.09. The average Bonchev–Trinajstić information content (AvgIpc) is 2.75. The van der Waals surface area contributed by atoms with Gasteiger partial charge in [-0.05, 0) is 43.4 Å². The number of carboxylic acid groups (broad SMARTS) is 1. The van der Waals surface area contributed by atoms with Crippen molar-refractivity contribution in [3.63, 3.8) is 0 Å². The largest absolute Gasteiger partial charge is 0.481 e. The molecule has 3 heteroatoms. The highest BCUT2D eigenvalue weighted by atomic mass is 16.5. The lowest BCUT2D eigenvalue weighted by molar-refractivity contribution is -0.145. The molecule has 1 N–H and O–H groups in total. The van der Waals surface area contributed by atoms with Crippen molar-refractivity contribution in [2.24, 2.45) is 17.3 Å². The van der Waals surface area contributed by atoms with Crippen LogP contribution in [0.3, 0.4) is 0 Å². The molecule has 1 saturated heterocycles. The quantitative estimate of drug-likeness (QED) is 0.801. The predicted molar refractivity (Wildman–Crippen MR) is 59.1 cm³/mol. The van der Waals surface area contributed by atoms with Crippen LogP contribution >= 0.6 is 0 Å². The minimum Gasteiger partial charge on any atom is -0.481 e. The lowest BCUT2D eigenvalue weighted by Crippen LogP contribution is -2.35. The summed E-state index contributed by atoms with van der Waals surface area (Å²) in [6.07, 6.45) is 6.96. The number of aliphatic carboxylic acids is 1. The third kappa shape index (κ3) is 1.56. The van der Waals surface area contributed by atoms with E-state index in [0.29, 0.717) is 11.3 Å². The van der Waals surface area contributed by atoms with Gasteiger partial charge in [-0.25, -0.2) is 0 Å². The van der Waals surface area contributed by atoms with Crippen molar-refractivity contribution >= 4 is 5.97 Å². The van der Waals surface area contributed by atoms with Crippen LogP contribution in [0, 0.1) is 17.3 Å². The maximum absolute atomic E-state index is 11.3. The Balaban J connectivity index is 1.73. The summed E-state index contributed by atoms with van der Waals surface area (Å²) in [5, 5.41) is 9.28. The number of carbonyl (C=O) groups is 1. The van der Waals surface area contributed by atoms with Gasteiger partial charge >= 0.3 is 5.97 Å². The zero-order valence-corrected chi connectivity index (χ0v) is 9.82. The van der Waals surface area contributed by atoms with Crippen LogP contribution in [0.2, 0.25) is 0 Å². The van der Waals surface area contributed by atoms with Gasteiger partial charge in [0.1, 0.15) is 0 Å². The molecule has 0 bridgehead atoms. The summed E-state index contributed by atoms with van der Waals surface area (Å²) in [7, 11) is 0. The Morgan fingerprint density at radius 3 is 2.50 bits per heavy atom. The molecular formula is C13H20O3. The molecule has 3 nitrogen and oxygen atoms in total. The van der Waals surface area contributed by atoms with Crippen LogP contribution in [0.15, 0.2) is 0 Å². The van der Waals surface area contributed by atoms with Gasteiger partial charge in [0.25, 0.3) is 0 Å². The van der Waals surface area contributed by atoms with Crippen LogP contribution in [-0.4, -0.2) is 23.3 Å². The molecule has 3 fully saturated rings. The van der Waals surface area contributed by atoms with Gasteiger partial charge in [-0.15, -0.1) is 0 Å². The second-order valence-corrected chi connectivity index (χ2v) is 6.11. The van der Waals surface area contributed by atoms with E-state index in [1.165, 1.54) is 19.3 Å². The van der Waals surface area contributed by atoms with Crippen molar-refractivity contribution in [2.75, 3.05) is 0 Å². The Labute approximate surface area is 96.2 Å². The Kier molecular flexibility index (Phi) is 2.29. The second-order valence-electron chi connectivity index (χ2n) is 6.11. The molecule has 0 aromatic heterocycles. The number of hydrogen-bond acceptors (Lipinski definition) is 2. The highest BCUT2D eigenvalue weighted by Crippen LogP contribution is 2.55. The lowest BCUT2D eigenvalue weighted by Gasteiger charge is -2.33. The first kappa shape index (κ1) is 10.6. The van der Waals surface area contributed by atoms with E-state index in [-0.39, 0.29) is 18.1 Å². The lowest BCUT2D eigenvalue weighted by atomic mass is 9.76. The van der Waals surface area contributed by atoms with E-state index in [9.17, 15) is 9.90 Å². The molecule has 0 spiro atoms. The van der Waals surface area contributed by atoms with E-state index < -0.39 is 5.97 Å². The highest BCUT2D eigenvalue weighted by molar-refractivity contribution is 5.71. The highest BCUT2D eigenvalue weighted by Gasteiger charge is 2.54. The van der Waals surface area contributed by atoms with Gasteiger partial charge in [0.05, 0.1) is 18.1 Å². The molecule has 3 atom stereocenters. The molecule has 3 unspecified atom stereocenters. The van der Waals surface area contributed by atoms with E-state index in [4.69, 9.17) is 4.74 Å². The Hall–Kier alpha value is -0.570. The first-order valence-corrected chi connectivity index (χ1v) is 6.48. The molecule has 0 amide bonds. The number of rotatable bonds is 3. The zero-order valence-electron chi connectivity index (χ0n) is 9.82. The Morgan fingerprint density at radius 1 is 1.38 bits per heavy atom. The molecule has 90 valence electrons. The summed E-state index contributed by atoms with van der Waals surface area (Å²) in [5.41, 5.74) is 0.298. The van der Waals surface area contributed by atoms with Crippen LogP contribution < -0.4 is 0 Å². The van der Waals surface area contributed by atoms with E-state index >= 15 is 0 Å². The van der Waals surface area contributed by atoms with Crippen LogP contribution in [0.1, 0.15) is 45.4 Å². The van der Waals surface area contributed by atoms with Crippen LogP contribution in [0.4, 0.5) is 0 Å². The molecule has 0 radical (unpaired) electrons. The molecule has 0 aromatic carbocycles. The molecular weight excluding hydrogens is 204 g/mol. The fourth-order valence-electron chi connectivity index (χ4n) is 3.12. The minimum absolute atomic E-state index is 0.00803. The van der Waals surface area contributed by atoms with E-state index in [2.05, 4.69) is 6.92 Å². The molecule has 16 heavy (non-hydrogen) atoms. The van der Waals surface area contributed by atoms with Crippen molar-refractivity contribution in [3.8, 4) is 0 Å². The monoisotopic (exact) mass is 224 g/mol. The summed E-state index contributed by atoms with van der Waals surface area (Å²) in [6, 6.07) is 0. The van der Waals surface area contributed by atoms with Gasteiger partial charge < -0.3 is 9.84 Å². The molecule has 1 heterocycles. The normalized spacial score (nSPS) is 41.7. The maximum Gasteiger partial charge on any atom is 0.309 e. The molecule has 2 saturated carbocycles. The molecule has 2 aliphatic carbocycles. The number of ether oxygens (including phenoxy) is 1. The summed E-state index contributed by atoms with van der Waals surface area (Å²) in [5.74, 6) is -0.371. The predicted octanol–water partition coefficient (Wildman–Crippen LogP) is 2.44.